The van der Waals surface area contributed by atoms with Crippen LogP contribution in [0.4, 0.5) is 0 Å². The Morgan fingerprint density at radius 3 is 2.33 bits per heavy atom. The van der Waals surface area contributed by atoms with E-state index in [0.29, 0.717) is 5.75 Å². The lowest BCUT2D eigenvalue weighted by molar-refractivity contribution is 0.188. The highest BCUT2D eigenvalue weighted by atomic mass is 35.5. The van der Waals surface area contributed by atoms with Gasteiger partial charge in [0.1, 0.15) is 5.75 Å². The van der Waals surface area contributed by atoms with Crippen LogP contribution < -0.4 is 9.47 Å². The zero-order valence-corrected chi connectivity index (χ0v) is 9.50. The number of rotatable bonds is 3. The van der Waals surface area contributed by atoms with Crippen LogP contribution in [0.2, 0.25) is 5.02 Å². The Morgan fingerprint density at radius 1 is 1.33 bits per heavy atom. The first-order valence-electron chi connectivity index (χ1n) is 4.34. The zero-order chi connectivity index (χ0) is 11.6. The van der Waals surface area contributed by atoms with Crippen molar-refractivity contribution in [3.8, 4) is 17.2 Å². The molecule has 0 heterocycles. The number of phenolic OH excluding ortho intramolecular Hbond substituents is 1. The second kappa shape index (κ2) is 4.59. The van der Waals surface area contributed by atoms with Gasteiger partial charge in [0, 0.05) is 6.07 Å². The molecule has 0 aliphatic rings. The van der Waals surface area contributed by atoms with Crippen LogP contribution in [0.3, 0.4) is 0 Å². The van der Waals surface area contributed by atoms with Gasteiger partial charge < -0.3 is 19.7 Å². The summed E-state index contributed by atoms with van der Waals surface area (Å²) in [5.74, 6) is 0.468. The second-order valence-electron chi connectivity index (χ2n) is 3.03. The van der Waals surface area contributed by atoms with Gasteiger partial charge in [0.2, 0.25) is 0 Å². The minimum absolute atomic E-state index is 0.114. The molecular formula is C10H13ClO4. The van der Waals surface area contributed by atoms with E-state index in [1.807, 2.05) is 0 Å². The maximum Gasteiger partial charge on any atom is 0.170 e. The molecule has 1 aromatic rings. The molecule has 5 heteroatoms. The third-order valence-corrected chi connectivity index (χ3v) is 2.34. The molecule has 15 heavy (non-hydrogen) atoms. The summed E-state index contributed by atoms with van der Waals surface area (Å²) >= 11 is 5.77. The van der Waals surface area contributed by atoms with E-state index in [1.54, 1.807) is 0 Å². The molecule has 1 atom stereocenters. The average Bonchev–Trinajstić information content (AvgIpc) is 2.20. The lowest BCUT2D eigenvalue weighted by Gasteiger charge is -2.16. The maximum absolute atomic E-state index is 9.67. The van der Waals surface area contributed by atoms with Gasteiger partial charge in [0.25, 0.3) is 0 Å². The topological polar surface area (TPSA) is 58.9 Å². The molecule has 1 unspecified atom stereocenters. The molecule has 0 saturated carbocycles. The fourth-order valence-corrected chi connectivity index (χ4v) is 1.57. The van der Waals surface area contributed by atoms with Gasteiger partial charge in [-0.25, -0.2) is 0 Å². The molecule has 0 fully saturated rings. The Hall–Kier alpha value is -1.13. The van der Waals surface area contributed by atoms with Crippen molar-refractivity contribution in [2.45, 2.75) is 13.0 Å². The van der Waals surface area contributed by atoms with Gasteiger partial charge in [-0.3, -0.25) is 0 Å². The standard InChI is InChI=1S/C10H13ClO4/c1-5(12)8-9(13)6(11)4-7(14-2)10(8)15-3/h4-5,12-13H,1-3H3. The van der Waals surface area contributed by atoms with Gasteiger partial charge in [0.05, 0.1) is 30.9 Å². The SMILES string of the molecule is COc1cc(Cl)c(O)c(C(C)O)c1OC. The van der Waals surface area contributed by atoms with E-state index in [4.69, 9.17) is 21.1 Å². The predicted octanol–water partition coefficient (Wildman–Crippen LogP) is 2.12. The number of benzene rings is 1. The number of hydrogen-bond donors (Lipinski definition) is 2. The van der Waals surface area contributed by atoms with E-state index < -0.39 is 6.10 Å². The molecule has 2 N–H and O–H groups in total. The third-order valence-electron chi connectivity index (χ3n) is 2.05. The summed E-state index contributed by atoms with van der Waals surface area (Å²) in [7, 11) is 2.88. The van der Waals surface area contributed by atoms with Crippen LogP contribution in [-0.4, -0.2) is 24.4 Å². The summed E-state index contributed by atoms with van der Waals surface area (Å²) in [5.41, 5.74) is 0.224. The highest BCUT2D eigenvalue weighted by molar-refractivity contribution is 6.32. The van der Waals surface area contributed by atoms with Crippen molar-refractivity contribution in [1.82, 2.24) is 0 Å². The molecule has 0 saturated heterocycles. The molecular weight excluding hydrogens is 220 g/mol. The minimum atomic E-state index is -0.896. The van der Waals surface area contributed by atoms with Gasteiger partial charge in [0.15, 0.2) is 11.5 Å². The van der Waals surface area contributed by atoms with E-state index in [2.05, 4.69) is 0 Å². The van der Waals surface area contributed by atoms with Gasteiger partial charge in [-0.05, 0) is 6.92 Å². The van der Waals surface area contributed by atoms with Crippen molar-refractivity contribution in [2.75, 3.05) is 14.2 Å². The fourth-order valence-electron chi connectivity index (χ4n) is 1.37. The van der Waals surface area contributed by atoms with Crippen LogP contribution in [0, 0.1) is 0 Å². The van der Waals surface area contributed by atoms with Crippen molar-refractivity contribution >= 4 is 11.6 Å². The third kappa shape index (κ3) is 2.11. The van der Waals surface area contributed by atoms with E-state index in [0.717, 1.165) is 0 Å². The summed E-state index contributed by atoms with van der Waals surface area (Å²) < 4.78 is 10.1. The predicted molar refractivity (Wildman–Crippen MR) is 56.9 cm³/mol. The van der Waals surface area contributed by atoms with Gasteiger partial charge in [-0.1, -0.05) is 11.6 Å². The maximum atomic E-state index is 9.67. The van der Waals surface area contributed by atoms with Gasteiger partial charge >= 0.3 is 0 Å². The van der Waals surface area contributed by atoms with Crippen LogP contribution >= 0.6 is 11.6 Å². The Labute approximate surface area is 93.0 Å². The minimum Gasteiger partial charge on any atom is -0.506 e. The van der Waals surface area contributed by atoms with Crippen molar-refractivity contribution < 1.29 is 19.7 Å². The van der Waals surface area contributed by atoms with Crippen molar-refractivity contribution in [3.05, 3.63) is 16.7 Å². The summed E-state index contributed by atoms with van der Waals surface area (Å²) in [5, 5.41) is 19.3. The van der Waals surface area contributed by atoms with Crippen LogP contribution in [-0.2, 0) is 0 Å². The van der Waals surface area contributed by atoms with Crippen molar-refractivity contribution in [1.29, 1.82) is 0 Å². The largest absolute Gasteiger partial charge is 0.506 e. The zero-order valence-electron chi connectivity index (χ0n) is 8.74. The summed E-state index contributed by atoms with van der Waals surface area (Å²) in [6.45, 7) is 1.51. The molecule has 0 aromatic heterocycles. The second-order valence-corrected chi connectivity index (χ2v) is 3.44. The van der Waals surface area contributed by atoms with Crippen LogP contribution in [0.15, 0.2) is 6.07 Å². The Morgan fingerprint density at radius 2 is 1.93 bits per heavy atom. The van der Waals surface area contributed by atoms with E-state index in [-0.39, 0.29) is 22.1 Å². The van der Waals surface area contributed by atoms with E-state index in [9.17, 15) is 10.2 Å². The highest BCUT2D eigenvalue weighted by Crippen LogP contribution is 2.44. The quantitative estimate of drug-likeness (QED) is 0.838. The Kier molecular flexibility index (Phi) is 3.66. The summed E-state index contributed by atoms with van der Waals surface area (Å²) in [6.07, 6.45) is -0.896. The van der Waals surface area contributed by atoms with E-state index >= 15 is 0 Å². The first kappa shape index (κ1) is 11.9. The molecule has 1 aromatic carbocycles. The first-order chi connectivity index (χ1) is 7.02. The lowest BCUT2D eigenvalue weighted by atomic mass is 10.1. The summed E-state index contributed by atoms with van der Waals surface area (Å²) in [6, 6.07) is 1.43. The van der Waals surface area contributed by atoms with Crippen LogP contribution in [0.1, 0.15) is 18.6 Å². The number of aliphatic hydroxyl groups is 1. The fraction of sp³-hybridized carbons (Fsp3) is 0.400. The molecule has 0 aliphatic heterocycles. The summed E-state index contributed by atoms with van der Waals surface area (Å²) in [4.78, 5) is 0. The Bertz CT molecular complexity index is 363. The first-order valence-corrected chi connectivity index (χ1v) is 4.72. The molecule has 0 amide bonds. The number of hydrogen-bond acceptors (Lipinski definition) is 4. The number of halogens is 1. The lowest BCUT2D eigenvalue weighted by Crippen LogP contribution is -2.00. The molecule has 1 rings (SSSR count). The Balaban J connectivity index is 3.49. The number of methoxy groups -OCH3 is 2. The molecule has 4 nitrogen and oxygen atoms in total. The van der Waals surface area contributed by atoms with E-state index in [1.165, 1.54) is 27.2 Å². The average molecular weight is 233 g/mol. The van der Waals surface area contributed by atoms with Crippen LogP contribution in [0.25, 0.3) is 0 Å². The molecule has 0 spiro atoms. The molecule has 0 aliphatic carbocycles. The number of phenols is 1. The monoisotopic (exact) mass is 232 g/mol. The number of aliphatic hydroxyl groups excluding tert-OH is 1. The number of ether oxygens (including phenoxy) is 2. The van der Waals surface area contributed by atoms with Crippen molar-refractivity contribution in [3.63, 3.8) is 0 Å². The van der Waals surface area contributed by atoms with Crippen molar-refractivity contribution in [2.24, 2.45) is 0 Å². The normalized spacial score (nSPS) is 12.3. The van der Waals surface area contributed by atoms with Gasteiger partial charge in [-0.2, -0.15) is 0 Å². The smallest absolute Gasteiger partial charge is 0.170 e. The molecule has 0 radical (unpaired) electrons. The molecule has 84 valence electrons. The molecule has 0 bridgehead atoms. The van der Waals surface area contributed by atoms with Gasteiger partial charge in [-0.15, -0.1) is 0 Å². The highest BCUT2D eigenvalue weighted by Gasteiger charge is 2.21. The van der Waals surface area contributed by atoms with Crippen LogP contribution in [0.5, 0.6) is 17.2 Å². The number of aromatic hydroxyl groups is 1.